The van der Waals surface area contributed by atoms with E-state index < -0.39 is 0 Å². The predicted molar refractivity (Wildman–Crippen MR) is 406 cm³/mol. The summed E-state index contributed by atoms with van der Waals surface area (Å²) in [7, 11) is 208. The summed E-state index contributed by atoms with van der Waals surface area (Å²) in [5, 5.41) is 2.93. The molecule has 0 atom stereocenters. The molecule has 0 aliphatic carbocycles. The Hall–Kier alpha value is -5.73. The number of fused-ring (bicyclic) bond motifs is 6. The summed E-state index contributed by atoms with van der Waals surface area (Å²) in [4.78, 5) is 0. The van der Waals surface area contributed by atoms with E-state index in [2.05, 4.69) is 0 Å². The fraction of sp³-hybridized carbons (Fsp3) is 0. The second-order valence-electron chi connectivity index (χ2n) is 22.2. The Morgan fingerprint density at radius 3 is 0.466 bits per heavy atom. The first-order valence-corrected chi connectivity index (χ1v) is 26.2. The van der Waals surface area contributed by atoms with Gasteiger partial charge in [0.15, 0.2) is 0 Å². The molecule has 2 heterocycles. The molecule has 0 bridgehead atoms. The lowest BCUT2D eigenvalue weighted by molar-refractivity contribution is 0.674. The second-order valence-corrected chi connectivity index (χ2v) is 22.2. The standard InChI is InChI=1S/C56B30O2/c57-23-15(7-5-1-3-11(33(67)27(5)61)39(73)47(81)41(75)13(3)37(71)35(69)9(1)31(65)29(7)63)43(77)49(83)53-19(23)21-25(59)17(45(79)51(85)55(21)87-53)18-26(60)22-20-24(58)16(44(78)50(84)54(20)88-56(22)52(86)46(18)80)8-6-2-4-12(34(68)28(6)62)40(74)48(82)42(76)14(4)38(72)36(70)10(2)32(66)30(8)64. The predicted octanol–water partition coefficient (Wildman–Crippen LogP) is -19.9. The van der Waals surface area contributed by atoms with E-state index in [9.17, 15) is 0 Å². The highest BCUT2D eigenvalue weighted by Crippen LogP contribution is 2.37. The van der Waals surface area contributed by atoms with E-state index in [1.165, 1.54) is 0 Å². The fourth-order valence-corrected chi connectivity index (χ4v) is 13.8. The van der Waals surface area contributed by atoms with Crippen molar-refractivity contribution in [1.82, 2.24) is 0 Å². The van der Waals surface area contributed by atoms with Crippen molar-refractivity contribution in [2.75, 3.05) is 0 Å². The van der Waals surface area contributed by atoms with Crippen LogP contribution in [0.3, 0.4) is 0 Å². The summed E-state index contributed by atoms with van der Waals surface area (Å²) in [6, 6.07) is 0. The maximum atomic E-state index is 7.37. The molecule has 12 aromatic carbocycles. The molecule has 0 amide bonds. The molecule has 0 unspecified atom stereocenters. The van der Waals surface area contributed by atoms with Crippen LogP contribution in [-0.2, 0) is 0 Å². The van der Waals surface area contributed by atoms with Gasteiger partial charge >= 0.3 is 0 Å². The molecule has 0 aliphatic rings. The van der Waals surface area contributed by atoms with Crippen LogP contribution in [0.4, 0.5) is 0 Å². The molecule has 60 radical (unpaired) electrons. The summed E-state index contributed by atoms with van der Waals surface area (Å²) >= 11 is 0. The normalized spacial score (nSPS) is 12.3. The Morgan fingerprint density at radius 2 is 0.250 bits per heavy atom. The molecule has 0 saturated heterocycles. The van der Waals surface area contributed by atoms with Crippen molar-refractivity contribution < 1.29 is 8.83 Å². The van der Waals surface area contributed by atoms with Crippen molar-refractivity contribution in [2.24, 2.45) is 0 Å². The van der Waals surface area contributed by atoms with Gasteiger partial charge in [-0.3, -0.25) is 0 Å². The van der Waals surface area contributed by atoms with Crippen LogP contribution in [0.25, 0.3) is 142 Å². The summed E-state index contributed by atoms with van der Waals surface area (Å²) in [6.45, 7) is 0. The number of rotatable bonds is 3. The molecule has 14 aromatic rings. The summed E-state index contributed by atoms with van der Waals surface area (Å²) in [6.07, 6.45) is 0. The Morgan fingerprint density at radius 1 is 0.102 bits per heavy atom. The van der Waals surface area contributed by atoms with E-state index in [0.717, 1.165) is 0 Å². The lowest BCUT2D eigenvalue weighted by Gasteiger charge is -2.31. The lowest BCUT2D eigenvalue weighted by atomic mass is 9.57. The third-order valence-electron chi connectivity index (χ3n) is 18.1. The van der Waals surface area contributed by atoms with Gasteiger partial charge in [0.25, 0.3) is 0 Å². The number of benzene rings is 12. The first kappa shape index (κ1) is 59.9. The smallest absolute Gasteiger partial charge is 0.127 e. The zero-order valence-corrected chi connectivity index (χ0v) is 46.1. The van der Waals surface area contributed by atoms with Gasteiger partial charge in [-0.25, -0.2) is 0 Å². The van der Waals surface area contributed by atoms with Crippen LogP contribution >= 0.6 is 0 Å². The minimum Gasteiger partial charge on any atom is -0.457 e. The van der Waals surface area contributed by atoms with Crippen LogP contribution in [0.5, 0.6) is 0 Å². The Balaban J connectivity index is 1.08. The molecule has 88 heavy (non-hydrogen) atoms. The summed E-state index contributed by atoms with van der Waals surface area (Å²) in [5.41, 5.74) is -3.05. The van der Waals surface area contributed by atoms with Gasteiger partial charge in [0.2, 0.25) is 0 Å². The summed E-state index contributed by atoms with van der Waals surface area (Å²) < 4.78 is 12.9. The van der Waals surface area contributed by atoms with E-state index in [-0.39, 0.29) is 295 Å². The molecule has 326 valence electrons. The lowest BCUT2D eigenvalue weighted by Crippen LogP contribution is -2.48. The molecule has 0 saturated carbocycles. The largest absolute Gasteiger partial charge is 0.457 e. The van der Waals surface area contributed by atoms with Gasteiger partial charge < -0.3 is 8.83 Å². The van der Waals surface area contributed by atoms with E-state index in [4.69, 9.17) is 244 Å². The minimum absolute atomic E-state index is 0.00726. The van der Waals surface area contributed by atoms with Crippen molar-refractivity contribution in [1.29, 1.82) is 0 Å². The molecular weight excluding hydrogens is 1030 g/mol. The molecule has 2 aromatic heterocycles. The Kier molecular flexibility index (Phi) is 13.2. The van der Waals surface area contributed by atoms with Crippen LogP contribution < -0.4 is 164 Å². The topological polar surface area (TPSA) is 26.3 Å². The number of furan rings is 2. The molecule has 0 fully saturated rings. The van der Waals surface area contributed by atoms with Gasteiger partial charge in [-0.1, -0.05) is 153 Å². The van der Waals surface area contributed by atoms with Gasteiger partial charge in [-0.15, -0.1) is 10.9 Å². The van der Waals surface area contributed by atoms with E-state index in [0.29, 0.717) is 10.8 Å². The first-order valence-electron chi connectivity index (χ1n) is 26.2. The Labute approximate surface area is 546 Å². The zero-order valence-electron chi connectivity index (χ0n) is 46.1. The van der Waals surface area contributed by atoms with Crippen LogP contribution in [0.15, 0.2) is 8.83 Å². The first-order chi connectivity index (χ1) is 41.3. The highest BCUT2D eigenvalue weighted by molar-refractivity contribution is 6.79. The third kappa shape index (κ3) is 6.90. The van der Waals surface area contributed by atoms with E-state index in [1.807, 2.05) is 0 Å². The highest BCUT2D eigenvalue weighted by atomic mass is 16.3. The van der Waals surface area contributed by atoms with Crippen LogP contribution in [0.1, 0.15) is 0 Å². The fourth-order valence-electron chi connectivity index (χ4n) is 13.8. The molecule has 32 heteroatoms. The SMILES string of the molecule is [B]c1c(-c2c([B])c([B])c3oc4c([B])c([B])c(-c5c([B])c([B])c6c([B])c([B])c7c([B])c([B])c([B])c8c([B])c([B])c5c6c78)c([B])c4c3c2[B])c([B])c2c(oc3c([B])c([B])c(-c4c([B])c([B])c5c([B])c([B])c6c([B])c([B])c([B])c7c([B])c([B])c4c5c67)c([B])c32)c1[B]. The quantitative estimate of drug-likeness (QED) is 0.130. The number of hydrogen-bond donors (Lipinski definition) is 0. The molecule has 0 N–H and O–H groups in total. The summed E-state index contributed by atoms with van der Waals surface area (Å²) in [5.74, 6) is 0. The molecule has 14 rings (SSSR count). The van der Waals surface area contributed by atoms with E-state index >= 15 is 0 Å². The molecule has 2 nitrogen and oxygen atoms in total. The van der Waals surface area contributed by atoms with Crippen LogP contribution in [0, 0.1) is 0 Å². The molecular formula is C56B30O2. The van der Waals surface area contributed by atoms with Crippen LogP contribution in [0.2, 0.25) is 0 Å². The van der Waals surface area contributed by atoms with Gasteiger partial charge in [0.1, 0.15) is 258 Å². The van der Waals surface area contributed by atoms with Crippen molar-refractivity contribution in [3.05, 3.63) is 0 Å². The maximum Gasteiger partial charge on any atom is 0.127 e. The Bertz CT molecular complexity index is 5400. The van der Waals surface area contributed by atoms with Crippen molar-refractivity contribution in [2.45, 2.75) is 0 Å². The number of hydrogen-bond acceptors (Lipinski definition) is 2. The van der Waals surface area contributed by atoms with Gasteiger partial charge in [-0.2, -0.15) is 0 Å². The van der Waals surface area contributed by atoms with Gasteiger partial charge in [0.05, 0.1) is 0 Å². The zero-order chi connectivity index (χ0) is 63.7. The third-order valence-corrected chi connectivity index (χ3v) is 18.1. The van der Waals surface area contributed by atoms with Crippen molar-refractivity contribution in [3.63, 3.8) is 0 Å². The maximum absolute atomic E-state index is 7.37. The molecule has 0 aliphatic heterocycles. The van der Waals surface area contributed by atoms with E-state index in [1.54, 1.807) is 0 Å². The van der Waals surface area contributed by atoms with Crippen molar-refractivity contribution in [3.8, 4) is 33.4 Å². The average Bonchev–Trinajstić information content (AvgIpc) is 0.917. The van der Waals surface area contributed by atoms with Gasteiger partial charge in [-0.05, 0) is 98.0 Å². The van der Waals surface area contributed by atoms with Gasteiger partial charge in [0, 0.05) is 21.5 Å². The molecule has 0 spiro atoms. The van der Waals surface area contributed by atoms with Crippen molar-refractivity contribution >= 4 is 508 Å². The highest BCUT2D eigenvalue weighted by Gasteiger charge is 2.33. The minimum atomic E-state index is -0.201. The van der Waals surface area contributed by atoms with Crippen LogP contribution in [-0.4, -0.2) is 235 Å². The monoisotopic (exact) mass is 1030 g/mol. The second kappa shape index (κ2) is 19.4. The average molecular weight is 1030 g/mol.